The number of aromatic nitrogens is 1. The van der Waals surface area contributed by atoms with Gasteiger partial charge < -0.3 is 19.1 Å². The molecule has 1 heterocycles. The predicted molar refractivity (Wildman–Crippen MR) is 120 cm³/mol. The summed E-state index contributed by atoms with van der Waals surface area (Å²) in [4.78, 5) is 18.7. The van der Waals surface area contributed by atoms with Gasteiger partial charge in [0.15, 0.2) is 11.5 Å². The molecule has 0 N–H and O–H groups in total. The summed E-state index contributed by atoms with van der Waals surface area (Å²) in [7, 11) is 3.32. The van der Waals surface area contributed by atoms with Crippen LogP contribution in [0, 0.1) is 0 Å². The molecule has 0 saturated heterocycles. The number of hydrogen-bond acceptors (Lipinski definition) is 5. The van der Waals surface area contributed by atoms with E-state index in [1.807, 2.05) is 19.1 Å². The van der Waals surface area contributed by atoms with E-state index >= 15 is 0 Å². The van der Waals surface area contributed by atoms with Gasteiger partial charge in [-0.2, -0.15) is 0 Å². The summed E-state index contributed by atoms with van der Waals surface area (Å²) in [6.45, 7) is 3.05. The van der Waals surface area contributed by atoms with Gasteiger partial charge in [0.2, 0.25) is 0 Å². The number of rotatable bonds is 9. The average molecular weight is 441 g/mol. The minimum atomic E-state index is -0.151. The van der Waals surface area contributed by atoms with Crippen molar-refractivity contribution in [1.29, 1.82) is 0 Å². The van der Waals surface area contributed by atoms with Crippen molar-refractivity contribution < 1.29 is 19.0 Å². The van der Waals surface area contributed by atoms with Crippen LogP contribution < -0.4 is 14.2 Å². The molecular weight excluding hydrogens is 416 g/mol. The van der Waals surface area contributed by atoms with Gasteiger partial charge in [-0.1, -0.05) is 17.7 Å². The molecule has 31 heavy (non-hydrogen) atoms. The summed E-state index contributed by atoms with van der Waals surface area (Å²) in [6.07, 6.45) is 3.46. The molecule has 162 valence electrons. The number of hydrogen-bond donors (Lipinski definition) is 0. The summed E-state index contributed by atoms with van der Waals surface area (Å²) in [6, 6.07) is 14.3. The molecule has 1 amide bonds. The second-order valence-corrected chi connectivity index (χ2v) is 7.30. The van der Waals surface area contributed by atoms with Gasteiger partial charge in [-0.15, -0.1) is 0 Å². The van der Waals surface area contributed by atoms with E-state index in [1.54, 1.807) is 67.8 Å². The van der Waals surface area contributed by atoms with Crippen molar-refractivity contribution in [2.45, 2.75) is 20.1 Å². The third-order valence-corrected chi connectivity index (χ3v) is 4.84. The minimum Gasteiger partial charge on any atom is -0.496 e. The van der Waals surface area contributed by atoms with E-state index in [9.17, 15) is 4.79 Å². The van der Waals surface area contributed by atoms with E-state index in [4.69, 9.17) is 25.8 Å². The van der Waals surface area contributed by atoms with Gasteiger partial charge >= 0.3 is 0 Å². The Balaban J connectivity index is 1.76. The fourth-order valence-corrected chi connectivity index (χ4v) is 3.29. The normalized spacial score (nSPS) is 10.5. The van der Waals surface area contributed by atoms with Crippen LogP contribution in [0.3, 0.4) is 0 Å². The summed E-state index contributed by atoms with van der Waals surface area (Å²) in [5.74, 6) is 1.62. The number of amides is 1. The van der Waals surface area contributed by atoms with Crippen LogP contribution in [-0.2, 0) is 13.2 Å². The highest BCUT2D eigenvalue weighted by atomic mass is 35.5. The molecule has 6 nitrogen and oxygen atoms in total. The first-order valence-electron chi connectivity index (χ1n) is 9.88. The zero-order chi connectivity index (χ0) is 22.2. The van der Waals surface area contributed by atoms with Crippen LogP contribution in [0.15, 0.2) is 60.9 Å². The maximum atomic E-state index is 13.0. The lowest BCUT2D eigenvalue weighted by molar-refractivity contribution is 0.0783. The van der Waals surface area contributed by atoms with E-state index in [2.05, 4.69) is 4.98 Å². The number of nitrogens with zero attached hydrogens (tertiary/aromatic N) is 2. The molecule has 0 aliphatic rings. The number of carbonyl (C=O) groups excluding carboxylic acids is 1. The van der Waals surface area contributed by atoms with E-state index in [0.29, 0.717) is 47.6 Å². The Labute approximate surface area is 187 Å². The fourth-order valence-electron chi connectivity index (χ4n) is 3.09. The molecule has 0 aliphatic heterocycles. The zero-order valence-electron chi connectivity index (χ0n) is 17.8. The van der Waals surface area contributed by atoms with Crippen LogP contribution >= 0.6 is 11.6 Å². The molecule has 0 fully saturated rings. The van der Waals surface area contributed by atoms with Gasteiger partial charge in [0, 0.05) is 47.7 Å². The van der Waals surface area contributed by atoms with Crippen molar-refractivity contribution in [2.24, 2.45) is 0 Å². The Morgan fingerprint density at radius 1 is 1.06 bits per heavy atom. The number of carbonyl (C=O) groups is 1. The smallest absolute Gasteiger partial charge is 0.254 e. The molecular formula is C24H25ClN2O4. The highest BCUT2D eigenvalue weighted by Crippen LogP contribution is 2.30. The third kappa shape index (κ3) is 5.89. The molecule has 7 heteroatoms. The van der Waals surface area contributed by atoms with Gasteiger partial charge in [0.05, 0.1) is 13.7 Å². The van der Waals surface area contributed by atoms with Crippen LogP contribution in [0.25, 0.3) is 0 Å². The van der Waals surface area contributed by atoms with Crippen molar-refractivity contribution in [3.05, 3.63) is 82.6 Å². The van der Waals surface area contributed by atoms with E-state index in [1.165, 1.54) is 0 Å². The maximum Gasteiger partial charge on any atom is 0.254 e. The topological polar surface area (TPSA) is 60.9 Å². The van der Waals surface area contributed by atoms with Crippen LogP contribution in [0.4, 0.5) is 0 Å². The first-order valence-corrected chi connectivity index (χ1v) is 10.3. The molecule has 0 aliphatic carbocycles. The molecule has 0 bridgehead atoms. The number of pyridine rings is 1. The Bertz CT molecular complexity index is 1030. The Kier molecular flexibility index (Phi) is 7.73. The van der Waals surface area contributed by atoms with Crippen molar-refractivity contribution in [2.75, 3.05) is 20.8 Å². The van der Waals surface area contributed by atoms with Gasteiger partial charge in [0.1, 0.15) is 12.4 Å². The lowest BCUT2D eigenvalue weighted by Gasteiger charge is -2.20. The Morgan fingerprint density at radius 3 is 2.58 bits per heavy atom. The zero-order valence-corrected chi connectivity index (χ0v) is 18.6. The highest BCUT2D eigenvalue weighted by molar-refractivity contribution is 6.30. The van der Waals surface area contributed by atoms with E-state index < -0.39 is 0 Å². The molecule has 3 rings (SSSR count). The standard InChI is InChI=1S/C24H25ClN2O4/c1-4-30-23-13-18(7-9-22(23)31-16-17-6-5-11-26-14-17)24(28)27(2)15-19-12-20(25)8-10-21(19)29-3/h5-14H,4,15-16H2,1-3H3. The van der Waals surface area contributed by atoms with E-state index in [-0.39, 0.29) is 5.91 Å². The number of halogens is 1. The monoisotopic (exact) mass is 440 g/mol. The lowest BCUT2D eigenvalue weighted by Crippen LogP contribution is -2.26. The Hall–Kier alpha value is -3.25. The van der Waals surface area contributed by atoms with Gasteiger partial charge in [0.25, 0.3) is 5.91 Å². The summed E-state index contributed by atoms with van der Waals surface area (Å²) in [5.41, 5.74) is 2.27. The molecule has 3 aromatic rings. The number of methoxy groups -OCH3 is 1. The quantitative estimate of drug-likeness (QED) is 0.469. The lowest BCUT2D eigenvalue weighted by atomic mass is 10.1. The molecule has 0 atom stereocenters. The highest BCUT2D eigenvalue weighted by Gasteiger charge is 2.17. The summed E-state index contributed by atoms with van der Waals surface area (Å²) < 4.78 is 17.0. The second-order valence-electron chi connectivity index (χ2n) is 6.86. The SMILES string of the molecule is CCOc1cc(C(=O)N(C)Cc2cc(Cl)ccc2OC)ccc1OCc1cccnc1. The fraction of sp³-hybridized carbons (Fsp3) is 0.250. The summed E-state index contributed by atoms with van der Waals surface area (Å²) >= 11 is 6.11. The molecule has 0 saturated carbocycles. The predicted octanol–water partition coefficient (Wildman–Crippen LogP) is 4.99. The van der Waals surface area contributed by atoms with Crippen molar-refractivity contribution in [1.82, 2.24) is 9.88 Å². The minimum absolute atomic E-state index is 0.151. The molecule has 0 spiro atoms. The van der Waals surface area contributed by atoms with Crippen LogP contribution in [0.5, 0.6) is 17.2 Å². The summed E-state index contributed by atoms with van der Waals surface area (Å²) in [5, 5.41) is 0.588. The maximum absolute atomic E-state index is 13.0. The average Bonchev–Trinajstić information content (AvgIpc) is 2.78. The van der Waals surface area contributed by atoms with Crippen LogP contribution in [0.2, 0.25) is 5.02 Å². The third-order valence-electron chi connectivity index (χ3n) is 4.60. The molecule has 0 unspecified atom stereocenters. The second kappa shape index (κ2) is 10.7. The first kappa shape index (κ1) is 22.4. The van der Waals surface area contributed by atoms with E-state index in [0.717, 1.165) is 11.1 Å². The van der Waals surface area contributed by atoms with Crippen LogP contribution in [-0.4, -0.2) is 36.6 Å². The Morgan fingerprint density at radius 2 is 1.87 bits per heavy atom. The number of benzene rings is 2. The van der Waals surface area contributed by atoms with Gasteiger partial charge in [-0.05, 0) is 49.4 Å². The molecule has 1 aromatic heterocycles. The van der Waals surface area contributed by atoms with Crippen molar-refractivity contribution >= 4 is 17.5 Å². The first-order chi connectivity index (χ1) is 15.0. The van der Waals surface area contributed by atoms with Gasteiger partial charge in [-0.3, -0.25) is 9.78 Å². The number of ether oxygens (including phenoxy) is 3. The van der Waals surface area contributed by atoms with Crippen molar-refractivity contribution in [3.63, 3.8) is 0 Å². The molecule has 0 radical (unpaired) electrons. The molecule has 2 aromatic carbocycles. The van der Waals surface area contributed by atoms with Crippen LogP contribution in [0.1, 0.15) is 28.4 Å². The largest absolute Gasteiger partial charge is 0.496 e. The van der Waals surface area contributed by atoms with Crippen molar-refractivity contribution in [3.8, 4) is 17.2 Å². The van der Waals surface area contributed by atoms with Gasteiger partial charge in [-0.25, -0.2) is 0 Å².